The van der Waals surface area contributed by atoms with Gasteiger partial charge in [-0.15, -0.1) is 12.4 Å². The van der Waals surface area contributed by atoms with Crippen molar-refractivity contribution in [3.8, 4) is 0 Å². The van der Waals surface area contributed by atoms with Crippen LogP contribution in [-0.2, 0) is 15.1 Å². The molecule has 1 saturated carbocycles. The molecular weight excluding hydrogens is 344 g/mol. The van der Waals surface area contributed by atoms with E-state index in [1.807, 2.05) is 4.90 Å². The predicted molar refractivity (Wildman–Crippen MR) is 93.2 cm³/mol. The molecule has 7 nitrogen and oxygen atoms in total. The van der Waals surface area contributed by atoms with Crippen molar-refractivity contribution in [3.05, 3.63) is 11.7 Å². The van der Waals surface area contributed by atoms with Crippen molar-refractivity contribution in [2.24, 2.45) is 5.73 Å². The van der Waals surface area contributed by atoms with E-state index >= 15 is 0 Å². The topological polar surface area (TPSA) is 94.5 Å². The SMILES string of the molecule is Cl.NC1(c2noc(C3CCCCN3C(=O)C3CCCO3)n2)CCCC1. The average molecular weight is 371 g/mol. The molecule has 0 bridgehead atoms. The molecule has 2 saturated heterocycles. The highest BCUT2D eigenvalue weighted by Crippen LogP contribution is 2.37. The van der Waals surface area contributed by atoms with Gasteiger partial charge in [0.2, 0.25) is 5.89 Å². The van der Waals surface area contributed by atoms with E-state index < -0.39 is 5.54 Å². The minimum absolute atomic E-state index is 0. The lowest BCUT2D eigenvalue weighted by molar-refractivity contribution is -0.145. The first kappa shape index (κ1) is 18.6. The maximum absolute atomic E-state index is 12.8. The van der Waals surface area contributed by atoms with E-state index in [0.717, 1.165) is 64.3 Å². The molecule has 4 rings (SSSR count). The maximum Gasteiger partial charge on any atom is 0.252 e. The molecule has 3 heterocycles. The summed E-state index contributed by atoms with van der Waals surface area (Å²) >= 11 is 0. The third kappa shape index (κ3) is 3.55. The van der Waals surface area contributed by atoms with Gasteiger partial charge in [0, 0.05) is 13.2 Å². The number of ether oxygens (including phenoxy) is 1. The van der Waals surface area contributed by atoms with E-state index in [4.69, 9.17) is 15.0 Å². The monoisotopic (exact) mass is 370 g/mol. The Kier molecular flexibility index (Phi) is 5.65. The standard InChI is InChI=1S/C17H26N4O3.ClH/c18-17(8-2-3-9-17)16-19-14(24-20-16)12-6-1-4-10-21(12)15(22)13-7-5-11-23-13;/h12-13H,1-11,18H2;1H. The number of likely N-dealkylation sites (tertiary alicyclic amines) is 1. The lowest BCUT2D eigenvalue weighted by Crippen LogP contribution is -2.44. The lowest BCUT2D eigenvalue weighted by atomic mass is 9.98. The highest BCUT2D eigenvalue weighted by Gasteiger charge is 2.40. The quantitative estimate of drug-likeness (QED) is 0.878. The van der Waals surface area contributed by atoms with Crippen LogP contribution in [0.2, 0.25) is 0 Å². The molecule has 3 fully saturated rings. The number of rotatable bonds is 3. The second-order valence-corrected chi connectivity index (χ2v) is 7.36. The van der Waals surface area contributed by atoms with E-state index in [1.165, 1.54) is 0 Å². The Morgan fingerprint density at radius 1 is 1.16 bits per heavy atom. The molecule has 1 amide bonds. The summed E-state index contributed by atoms with van der Waals surface area (Å²) in [6.45, 7) is 1.41. The fourth-order valence-corrected chi connectivity index (χ4v) is 4.21. The first-order chi connectivity index (χ1) is 11.7. The number of nitrogens with zero attached hydrogens (tertiary/aromatic N) is 3. The number of carbonyl (C=O) groups is 1. The van der Waals surface area contributed by atoms with Crippen molar-refractivity contribution in [1.82, 2.24) is 15.0 Å². The molecule has 2 unspecified atom stereocenters. The molecule has 140 valence electrons. The van der Waals surface area contributed by atoms with Gasteiger partial charge in [-0.25, -0.2) is 0 Å². The third-order valence-electron chi connectivity index (χ3n) is 5.66. The number of hydrogen-bond acceptors (Lipinski definition) is 6. The fraction of sp³-hybridized carbons (Fsp3) is 0.824. The number of hydrogen-bond donors (Lipinski definition) is 1. The van der Waals surface area contributed by atoms with Crippen molar-refractivity contribution >= 4 is 18.3 Å². The lowest BCUT2D eigenvalue weighted by Gasteiger charge is -2.34. The summed E-state index contributed by atoms with van der Waals surface area (Å²) in [5.74, 6) is 1.21. The average Bonchev–Trinajstić information content (AvgIpc) is 3.35. The van der Waals surface area contributed by atoms with Gasteiger partial charge in [0.25, 0.3) is 5.91 Å². The smallest absolute Gasteiger partial charge is 0.252 e. The number of halogens is 1. The Bertz CT molecular complexity index is 596. The summed E-state index contributed by atoms with van der Waals surface area (Å²) in [7, 11) is 0. The van der Waals surface area contributed by atoms with Crippen LogP contribution in [0.3, 0.4) is 0 Å². The fourth-order valence-electron chi connectivity index (χ4n) is 4.21. The molecule has 2 atom stereocenters. The van der Waals surface area contributed by atoms with Crippen LogP contribution >= 0.6 is 12.4 Å². The second kappa shape index (κ2) is 7.60. The Balaban J connectivity index is 0.00000182. The molecule has 25 heavy (non-hydrogen) atoms. The Morgan fingerprint density at radius 2 is 1.96 bits per heavy atom. The van der Waals surface area contributed by atoms with Gasteiger partial charge in [0.05, 0.1) is 5.54 Å². The largest absolute Gasteiger partial charge is 0.368 e. The Hall–Kier alpha value is -1.18. The summed E-state index contributed by atoms with van der Waals surface area (Å²) in [5.41, 5.74) is 5.97. The van der Waals surface area contributed by atoms with Crippen LogP contribution in [0, 0.1) is 0 Å². The number of nitrogens with two attached hydrogens (primary N) is 1. The van der Waals surface area contributed by atoms with Crippen molar-refractivity contribution in [2.75, 3.05) is 13.2 Å². The van der Waals surface area contributed by atoms with Gasteiger partial charge < -0.3 is 19.9 Å². The number of amides is 1. The number of aromatic nitrogens is 2. The Labute approximate surface area is 154 Å². The zero-order valence-corrected chi connectivity index (χ0v) is 15.3. The molecule has 2 N–H and O–H groups in total. The van der Waals surface area contributed by atoms with Gasteiger partial charge in [0.1, 0.15) is 12.1 Å². The van der Waals surface area contributed by atoms with Crippen LogP contribution in [0.15, 0.2) is 4.52 Å². The van der Waals surface area contributed by atoms with Crippen molar-refractivity contribution < 1.29 is 14.1 Å². The van der Waals surface area contributed by atoms with Crippen molar-refractivity contribution in [2.45, 2.75) is 75.5 Å². The van der Waals surface area contributed by atoms with Crippen LogP contribution in [-0.4, -0.2) is 40.2 Å². The molecule has 2 aliphatic heterocycles. The van der Waals surface area contributed by atoms with Gasteiger partial charge in [-0.2, -0.15) is 4.98 Å². The molecule has 1 aromatic heterocycles. The zero-order valence-electron chi connectivity index (χ0n) is 14.5. The normalized spacial score (nSPS) is 28.8. The first-order valence-corrected chi connectivity index (χ1v) is 9.22. The third-order valence-corrected chi connectivity index (χ3v) is 5.66. The molecule has 0 radical (unpaired) electrons. The molecule has 8 heteroatoms. The highest BCUT2D eigenvalue weighted by atomic mass is 35.5. The van der Waals surface area contributed by atoms with Crippen LogP contribution in [0.1, 0.15) is 75.5 Å². The van der Waals surface area contributed by atoms with Crippen molar-refractivity contribution in [1.29, 1.82) is 0 Å². The van der Waals surface area contributed by atoms with Gasteiger partial charge in [0.15, 0.2) is 5.82 Å². The van der Waals surface area contributed by atoms with Crippen LogP contribution in [0.25, 0.3) is 0 Å². The molecular formula is C17H27ClN4O3. The Morgan fingerprint density at radius 3 is 2.68 bits per heavy atom. The summed E-state index contributed by atoms with van der Waals surface area (Å²) in [4.78, 5) is 19.3. The maximum atomic E-state index is 12.8. The minimum Gasteiger partial charge on any atom is -0.368 e. The van der Waals surface area contributed by atoms with Gasteiger partial charge in [-0.05, 0) is 44.9 Å². The van der Waals surface area contributed by atoms with Crippen LogP contribution < -0.4 is 5.73 Å². The van der Waals surface area contributed by atoms with E-state index in [-0.39, 0.29) is 30.5 Å². The predicted octanol–water partition coefficient (Wildman–Crippen LogP) is 2.45. The van der Waals surface area contributed by atoms with E-state index in [1.54, 1.807) is 0 Å². The molecule has 1 aliphatic carbocycles. The molecule has 3 aliphatic rings. The zero-order chi connectivity index (χ0) is 16.6. The van der Waals surface area contributed by atoms with Gasteiger partial charge in [-0.3, -0.25) is 4.79 Å². The first-order valence-electron chi connectivity index (χ1n) is 9.22. The minimum atomic E-state index is -0.459. The van der Waals surface area contributed by atoms with Crippen LogP contribution in [0.4, 0.5) is 0 Å². The molecule has 1 aromatic rings. The summed E-state index contributed by atoms with van der Waals surface area (Å²) in [5, 5.41) is 4.16. The molecule has 0 spiro atoms. The van der Waals surface area contributed by atoms with Crippen molar-refractivity contribution in [3.63, 3.8) is 0 Å². The van der Waals surface area contributed by atoms with E-state index in [0.29, 0.717) is 18.3 Å². The van der Waals surface area contributed by atoms with E-state index in [9.17, 15) is 4.79 Å². The molecule has 0 aromatic carbocycles. The summed E-state index contributed by atoms with van der Waals surface area (Å²) in [6, 6.07) is -0.137. The number of carbonyl (C=O) groups excluding carboxylic acids is 1. The highest BCUT2D eigenvalue weighted by molar-refractivity contribution is 5.85. The summed E-state index contributed by atoms with van der Waals surface area (Å²) in [6.07, 6.45) is 8.40. The second-order valence-electron chi connectivity index (χ2n) is 7.36. The summed E-state index contributed by atoms with van der Waals surface area (Å²) < 4.78 is 11.1. The van der Waals surface area contributed by atoms with Gasteiger partial charge >= 0.3 is 0 Å². The number of piperidine rings is 1. The van der Waals surface area contributed by atoms with Crippen LogP contribution in [0.5, 0.6) is 0 Å². The van der Waals surface area contributed by atoms with Gasteiger partial charge in [-0.1, -0.05) is 18.0 Å². The van der Waals surface area contributed by atoms with E-state index in [2.05, 4.69) is 10.1 Å².